The van der Waals surface area contributed by atoms with Crippen molar-refractivity contribution >= 4 is 35.8 Å². The molecule has 0 bridgehead atoms. The molecule has 1 aliphatic carbocycles. The van der Waals surface area contributed by atoms with E-state index in [1.807, 2.05) is 0 Å². The Morgan fingerprint density at radius 2 is 1.77 bits per heavy atom. The van der Waals surface area contributed by atoms with Gasteiger partial charge in [0, 0.05) is 32.6 Å². The summed E-state index contributed by atoms with van der Waals surface area (Å²) in [6.07, 6.45) is -0.475. The Morgan fingerprint density at radius 1 is 1.18 bits per heavy atom. The zero-order valence-electron chi connectivity index (χ0n) is 12.6. The lowest BCUT2D eigenvalue weighted by atomic mass is 10.2. The molecule has 1 aliphatic rings. The van der Waals surface area contributed by atoms with Gasteiger partial charge in [-0.1, -0.05) is 12.8 Å². The number of aliphatic imine (C=N–C) groups is 1. The van der Waals surface area contributed by atoms with Gasteiger partial charge in [0.2, 0.25) is 5.91 Å². The van der Waals surface area contributed by atoms with Crippen molar-refractivity contribution in [1.29, 1.82) is 0 Å². The first-order chi connectivity index (χ1) is 9.90. The standard InChI is InChI=1S/C13H23F3N4O.HI/c1-17-12(19-9-7-13(14,15)16)18-8-6-11(21)20-10-4-2-3-5-10;/h10H,2-9H2,1H3,(H,20,21)(H2,17,18,19);1H. The summed E-state index contributed by atoms with van der Waals surface area (Å²) in [6, 6.07) is 0.279. The summed E-state index contributed by atoms with van der Waals surface area (Å²) in [4.78, 5) is 15.5. The molecule has 1 saturated carbocycles. The van der Waals surface area contributed by atoms with Crippen molar-refractivity contribution in [2.24, 2.45) is 4.99 Å². The molecule has 130 valence electrons. The van der Waals surface area contributed by atoms with Crippen molar-refractivity contribution in [2.45, 2.75) is 50.7 Å². The van der Waals surface area contributed by atoms with Crippen LogP contribution in [-0.4, -0.2) is 44.2 Å². The van der Waals surface area contributed by atoms with Gasteiger partial charge in [-0.25, -0.2) is 0 Å². The number of amides is 1. The predicted molar refractivity (Wildman–Crippen MR) is 90.5 cm³/mol. The molecule has 0 atom stereocenters. The van der Waals surface area contributed by atoms with E-state index in [0.29, 0.717) is 6.54 Å². The third-order valence-electron chi connectivity index (χ3n) is 3.29. The monoisotopic (exact) mass is 436 g/mol. The van der Waals surface area contributed by atoms with E-state index < -0.39 is 12.6 Å². The van der Waals surface area contributed by atoms with E-state index in [-0.39, 0.29) is 54.9 Å². The SMILES string of the molecule is CN=C(NCCC(=O)NC1CCCC1)NCCC(F)(F)F.I. The van der Waals surface area contributed by atoms with Gasteiger partial charge in [-0.2, -0.15) is 13.2 Å². The van der Waals surface area contributed by atoms with Crippen LogP contribution in [0.2, 0.25) is 0 Å². The molecule has 9 heteroatoms. The number of rotatable bonds is 6. The Morgan fingerprint density at radius 3 is 2.32 bits per heavy atom. The fourth-order valence-corrected chi connectivity index (χ4v) is 2.21. The molecule has 0 aromatic rings. The fraction of sp³-hybridized carbons (Fsp3) is 0.846. The lowest BCUT2D eigenvalue weighted by molar-refractivity contribution is -0.132. The van der Waals surface area contributed by atoms with Crippen LogP contribution in [0.3, 0.4) is 0 Å². The Balaban J connectivity index is 0.00000441. The van der Waals surface area contributed by atoms with Crippen LogP contribution in [-0.2, 0) is 4.79 Å². The summed E-state index contributed by atoms with van der Waals surface area (Å²) in [5.41, 5.74) is 0. The Hall–Kier alpha value is -0.740. The summed E-state index contributed by atoms with van der Waals surface area (Å²) in [6.45, 7) is 0.0989. The van der Waals surface area contributed by atoms with Crippen LogP contribution in [0.15, 0.2) is 4.99 Å². The first-order valence-electron chi connectivity index (χ1n) is 7.21. The first-order valence-corrected chi connectivity index (χ1v) is 7.21. The van der Waals surface area contributed by atoms with Crippen LogP contribution in [0.5, 0.6) is 0 Å². The molecule has 0 aliphatic heterocycles. The van der Waals surface area contributed by atoms with E-state index in [9.17, 15) is 18.0 Å². The van der Waals surface area contributed by atoms with E-state index in [1.54, 1.807) is 0 Å². The van der Waals surface area contributed by atoms with Gasteiger partial charge in [0.1, 0.15) is 0 Å². The second kappa shape index (κ2) is 10.9. The van der Waals surface area contributed by atoms with Crippen LogP contribution < -0.4 is 16.0 Å². The molecule has 1 fully saturated rings. The maximum absolute atomic E-state index is 12.0. The first kappa shape index (κ1) is 21.3. The highest BCUT2D eigenvalue weighted by Gasteiger charge is 2.26. The second-order valence-corrected chi connectivity index (χ2v) is 5.09. The molecule has 1 rings (SSSR count). The zero-order chi connectivity index (χ0) is 15.7. The predicted octanol–water partition coefficient (Wildman–Crippen LogP) is 2.17. The number of halogens is 4. The second-order valence-electron chi connectivity index (χ2n) is 5.09. The molecule has 0 aromatic carbocycles. The lowest BCUT2D eigenvalue weighted by Crippen LogP contribution is -2.41. The van der Waals surface area contributed by atoms with Crippen LogP contribution in [0.4, 0.5) is 13.2 Å². The van der Waals surface area contributed by atoms with Crippen LogP contribution in [0.25, 0.3) is 0 Å². The highest BCUT2D eigenvalue weighted by atomic mass is 127. The van der Waals surface area contributed by atoms with Gasteiger partial charge in [-0.05, 0) is 12.8 Å². The Labute approximate surface area is 145 Å². The summed E-state index contributed by atoms with van der Waals surface area (Å²) < 4.78 is 36.0. The molecule has 0 heterocycles. The van der Waals surface area contributed by atoms with Crippen molar-refractivity contribution in [3.05, 3.63) is 0 Å². The summed E-state index contributed by atoms with van der Waals surface area (Å²) in [5, 5.41) is 8.33. The summed E-state index contributed by atoms with van der Waals surface area (Å²) >= 11 is 0. The van der Waals surface area contributed by atoms with Crippen LogP contribution in [0.1, 0.15) is 38.5 Å². The van der Waals surface area contributed by atoms with E-state index in [0.717, 1.165) is 25.7 Å². The molecular weight excluding hydrogens is 412 g/mol. The molecular formula is C13H24F3IN4O. The number of carbonyl (C=O) groups is 1. The van der Waals surface area contributed by atoms with Crippen LogP contribution in [0, 0.1) is 0 Å². The quantitative estimate of drug-likeness (QED) is 0.340. The lowest BCUT2D eigenvalue weighted by Gasteiger charge is -2.14. The number of hydrogen-bond acceptors (Lipinski definition) is 2. The van der Waals surface area contributed by atoms with Crippen molar-refractivity contribution in [3.63, 3.8) is 0 Å². The molecule has 0 saturated heterocycles. The molecule has 0 radical (unpaired) electrons. The van der Waals surface area contributed by atoms with E-state index >= 15 is 0 Å². The third kappa shape index (κ3) is 10.1. The van der Waals surface area contributed by atoms with E-state index in [1.165, 1.54) is 7.05 Å². The van der Waals surface area contributed by atoms with Gasteiger partial charge < -0.3 is 16.0 Å². The minimum absolute atomic E-state index is 0. The van der Waals surface area contributed by atoms with Gasteiger partial charge in [0.25, 0.3) is 0 Å². The maximum Gasteiger partial charge on any atom is 0.390 e. The Bertz CT molecular complexity index is 358. The number of alkyl halides is 3. The fourth-order valence-electron chi connectivity index (χ4n) is 2.21. The number of nitrogens with one attached hydrogen (secondary N) is 3. The van der Waals surface area contributed by atoms with E-state index in [2.05, 4.69) is 20.9 Å². The molecule has 1 amide bonds. The molecule has 0 spiro atoms. The molecule has 22 heavy (non-hydrogen) atoms. The maximum atomic E-state index is 12.0. The summed E-state index contributed by atoms with van der Waals surface area (Å²) in [7, 11) is 1.47. The number of carbonyl (C=O) groups excluding carboxylic acids is 1. The van der Waals surface area contributed by atoms with Gasteiger partial charge in [-0.15, -0.1) is 24.0 Å². The molecule has 3 N–H and O–H groups in total. The van der Waals surface area contributed by atoms with Gasteiger partial charge in [0.05, 0.1) is 6.42 Å². The molecule has 0 aromatic heterocycles. The van der Waals surface area contributed by atoms with Gasteiger partial charge in [-0.3, -0.25) is 9.79 Å². The topological polar surface area (TPSA) is 65.5 Å². The molecule has 5 nitrogen and oxygen atoms in total. The minimum atomic E-state index is -4.19. The minimum Gasteiger partial charge on any atom is -0.356 e. The number of guanidine groups is 1. The van der Waals surface area contributed by atoms with Crippen molar-refractivity contribution < 1.29 is 18.0 Å². The normalized spacial score (nSPS) is 16.1. The Kier molecular flexibility index (Phi) is 10.5. The average molecular weight is 436 g/mol. The highest BCUT2D eigenvalue weighted by molar-refractivity contribution is 14.0. The van der Waals surface area contributed by atoms with Gasteiger partial charge >= 0.3 is 6.18 Å². The zero-order valence-corrected chi connectivity index (χ0v) is 15.0. The van der Waals surface area contributed by atoms with Gasteiger partial charge in [0.15, 0.2) is 5.96 Å². The average Bonchev–Trinajstić information content (AvgIpc) is 2.88. The van der Waals surface area contributed by atoms with Crippen LogP contribution >= 0.6 is 24.0 Å². The highest BCUT2D eigenvalue weighted by Crippen LogP contribution is 2.18. The van der Waals surface area contributed by atoms with Crippen molar-refractivity contribution in [1.82, 2.24) is 16.0 Å². The van der Waals surface area contributed by atoms with E-state index in [4.69, 9.17) is 0 Å². The van der Waals surface area contributed by atoms with Crippen molar-refractivity contribution in [3.8, 4) is 0 Å². The summed E-state index contributed by atoms with van der Waals surface area (Å²) in [5.74, 6) is 0.230. The largest absolute Gasteiger partial charge is 0.390 e. The third-order valence-corrected chi connectivity index (χ3v) is 3.29. The number of nitrogens with zero attached hydrogens (tertiary/aromatic N) is 1. The van der Waals surface area contributed by atoms with Crippen molar-refractivity contribution in [2.75, 3.05) is 20.1 Å². The molecule has 0 unspecified atom stereocenters. The number of hydrogen-bond donors (Lipinski definition) is 3. The smallest absolute Gasteiger partial charge is 0.356 e.